The van der Waals surface area contributed by atoms with Gasteiger partial charge in [-0.1, -0.05) is 42.3 Å². The Kier molecular flexibility index (Phi) is 3.58. The highest BCUT2D eigenvalue weighted by Gasteiger charge is 2.35. The van der Waals surface area contributed by atoms with Gasteiger partial charge in [-0.15, -0.1) is 0 Å². The minimum atomic E-state index is 0.178. The second kappa shape index (κ2) is 5.62. The number of para-hydroxylation sites is 1. The number of nitrogens with one attached hydrogen (secondary N) is 1. The number of aromatic nitrogens is 1. The number of phenols is 1. The molecule has 2 heterocycles. The van der Waals surface area contributed by atoms with Crippen LogP contribution in [0.1, 0.15) is 29.8 Å². The average Bonchev–Trinajstić information content (AvgIpc) is 2.93. The quantitative estimate of drug-likeness (QED) is 0.682. The van der Waals surface area contributed by atoms with Gasteiger partial charge in [-0.3, -0.25) is 0 Å². The van der Waals surface area contributed by atoms with Crippen molar-refractivity contribution in [3.63, 3.8) is 0 Å². The third-order valence-electron chi connectivity index (χ3n) is 4.73. The highest BCUT2D eigenvalue weighted by Crippen LogP contribution is 2.43. The molecule has 118 valence electrons. The second-order valence-corrected chi connectivity index (χ2v) is 6.94. The lowest BCUT2D eigenvalue weighted by Crippen LogP contribution is -2.37. The highest BCUT2D eigenvalue weighted by atomic mass is 32.2. The van der Waals surface area contributed by atoms with E-state index in [1.165, 1.54) is 27.7 Å². The maximum atomic E-state index is 9.61. The molecule has 1 aliphatic heterocycles. The summed E-state index contributed by atoms with van der Waals surface area (Å²) < 4.78 is 2.45. The topological polar surface area (TPSA) is 39.3 Å². The maximum absolute atomic E-state index is 9.61. The Labute approximate surface area is 140 Å². The first-order valence-corrected chi connectivity index (χ1v) is 9.08. The summed E-state index contributed by atoms with van der Waals surface area (Å²) in [5.41, 5.74) is 5.12. The van der Waals surface area contributed by atoms with E-state index in [1.807, 2.05) is 12.1 Å². The van der Waals surface area contributed by atoms with Gasteiger partial charge >= 0.3 is 0 Å². The van der Waals surface area contributed by atoms with Crippen molar-refractivity contribution >= 4 is 22.9 Å². The smallest absolute Gasteiger partial charge is 0.115 e. The Bertz CT molecular complexity index is 840. The first kappa shape index (κ1) is 14.7. The molecule has 3 nitrogen and oxygen atoms in total. The number of benzene rings is 2. The molecule has 1 aromatic heterocycles. The lowest BCUT2D eigenvalue weighted by molar-refractivity contribution is 0.296. The fourth-order valence-electron chi connectivity index (χ4n) is 3.70. The van der Waals surface area contributed by atoms with Crippen LogP contribution in [-0.2, 0) is 6.42 Å². The third-order valence-corrected chi connectivity index (χ3v) is 5.72. The zero-order valence-corrected chi connectivity index (χ0v) is 14.1. The van der Waals surface area contributed by atoms with Gasteiger partial charge in [-0.2, -0.15) is 0 Å². The van der Waals surface area contributed by atoms with Crippen molar-refractivity contribution in [2.45, 2.75) is 25.4 Å². The molecule has 0 unspecified atom stereocenters. The average molecular weight is 324 g/mol. The lowest BCUT2D eigenvalue weighted by atomic mass is 9.91. The Balaban J connectivity index is 1.93. The number of nitrogens with zero attached hydrogens (tertiary/aromatic N) is 1. The summed E-state index contributed by atoms with van der Waals surface area (Å²) in [7, 11) is 0. The summed E-state index contributed by atoms with van der Waals surface area (Å²) in [6, 6.07) is 16.8. The van der Waals surface area contributed by atoms with E-state index in [0.29, 0.717) is 11.8 Å². The largest absolute Gasteiger partial charge is 0.508 e. The molecule has 0 saturated carbocycles. The van der Waals surface area contributed by atoms with Crippen molar-refractivity contribution in [1.82, 2.24) is 9.29 Å². The summed E-state index contributed by atoms with van der Waals surface area (Å²) in [6.07, 6.45) is 3.19. The molecular weight excluding hydrogens is 304 g/mol. The summed E-state index contributed by atoms with van der Waals surface area (Å²) in [6.45, 7) is 2.29. The molecule has 2 N–H and O–H groups in total. The van der Waals surface area contributed by atoms with E-state index >= 15 is 0 Å². The molecule has 0 saturated heterocycles. The number of fused-ring (bicyclic) bond motifs is 3. The fourth-order valence-corrected chi connectivity index (χ4v) is 4.57. The molecule has 3 aromatic rings. The van der Waals surface area contributed by atoms with Gasteiger partial charge in [0.15, 0.2) is 0 Å². The number of hydrogen-bond acceptors (Lipinski definition) is 3. The Morgan fingerprint density at radius 1 is 1.13 bits per heavy atom. The SMILES string of the molecule is CSN1[C@@H](c2ccc(O)cc2)c2[nH]c3ccccc3c2C[C@H]1C. The van der Waals surface area contributed by atoms with Crippen LogP contribution in [0.2, 0.25) is 0 Å². The van der Waals surface area contributed by atoms with Gasteiger partial charge in [0.2, 0.25) is 0 Å². The van der Waals surface area contributed by atoms with E-state index < -0.39 is 0 Å². The van der Waals surface area contributed by atoms with Crippen LogP contribution in [0.5, 0.6) is 5.75 Å². The molecule has 0 aliphatic carbocycles. The van der Waals surface area contributed by atoms with Crippen LogP contribution < -0.4 is 0 Å². The lowest BCUT2D eigenvalue weighted by Gasteiger charge is -2.39. The second-order valence-electron chi connectivity index (χ2n) is 6.15. The van der Waals surface area contributed by atoms with Gasteiger partial charge in [0.25, 0.3) is 0 Å². The van der Waals surface area contributed by atoms with Gasteiger partial charge < -0.3 is 10.1 Å². The van der Waals surface area contributed by atoms with Gasteiger partial charge in [-0.05, 0) is 48.9 Å². The molecule has 23 heavy (non-hydrogen) atoms. The summed E-state index contributed by atoms with van der Waals surface area (Å²) in [5, 5.41) is 10.9. The van der Waals surface area contributed by atoms with Crippen LogP contribution in [0.15, 0.2) is 48.5 Å². The van der Waals surface area contributed by atoms with Crippen LogP contribution in [0.4, 0.5) is 0 Å². The van der Waals surface area contributed by atoms with Crippen molar-refractivity contribution in [2.75, 3.05) is 6.26 Å². The summed E-state index contributed by atoms with van der Waals surface area (Å²) in [5.74, 6) is 0.310. The van der Waals surface area contributed by atoms with Crippen LogP contribution in [0.3, 0.4) is 0 Å². The number of aromatic hydroxyl groups is 1. The zero-order chi connectivity index (χ0) is 16.0. The van der Waals surface area contributed by atoms with Crippen molar-refractivity contribution in [3.8, 4) is 5.75 Å². The van der Waals surface area contributed by atoms with Crippen molar-refractivity contribution in [2.24, 2.45) is 0 Å². The van der Waals surface area contributed by atoms with Gasteiger partial charge in [0.05, 0.1) is 6.04 Å². The van der Waals surface area contributed by atoms with Crippen LogP contribution in [0.25, 0.3) is 10.9 Å². The van der Waals surface area contributed by atoms with Gasteiger partial charge in [0.1, 0.15) is 5.75 Å². The Hall–Kier alpha value is -1.91. The maximum Gasteiger partial charge on any atom is 0.115 e. The van der Waals surface area contributed by atoms with Crippen LogP contribution in [-0.4, -0.2) is 26.7 Å². The molecule has 0 fully saturated rings. The van der Waals surface area contributed by atoms with E-state index in [0.717, 1.165) is 6.42 Å². The molecule has 1 aliphatic rings. The van der Waals surface area contributed by atoms with Gasteiger partial charge in [0, 0.05) is 22.6 Å². The van der Waals surface area contributed by atoms with E-state index in [1.54, 1.807) is 24.1 Å². The molecule has 2 atom stereocenters. The van der Waals surface area contributed by atoms with E-state index in [4.69, 9.17) is 0 Å². The van der Waals surface area contributed by atoms with E-state index in [2.05, 4.69) is 46.7 Å². The van der Waals surface area contributed by atoms with Crippen molar-refractivity contribution < 1.29 is 5.11 Å². The number of aromatic amines is 1. The fraction of sp³-hybridized carbons (Fsp3) is 0.263. The highest BCUT2D eigenvalue weighted by molar-refractivity contribution is 7.96. The van der Waals surface area contributed by atoms with Crippen LogP contribution >= 0.6 is 11.9 Å². The summed E-state index contributed by atoms with van der Waals surface area (Å²) in [4.78, 5) is 3.65. The van der Waals surface area contributed by atoms with Gasteiger partial charge in [-0.25, -0.2) is 4.31 Å². The zero-order valence-electron chi connectivity index (χ0n) is 13.3. The third kappa shape index (κ3) is 2.33. The van der Waals surface area contributed by atoms with E-state index in [9.17, 15) is 5.11 Å². The molecule has 0 bridgehead atoms. The number of phenolic OH excluding ortho intramolecular Hbond substituents is 1. The first-order chi connectivity index (χ1) is 11.2. The molecule has 0 radical (unpaired) electrons. The summed E-state index contributed by atoms with van der Waals surface area (Å²) >= 11 is 1.79. The predicted molar refractivity (Wildman–Crippen MR) is 96.8 cm³/mol. The molecule has 2 aromatic carbocycles. The predicted octanol–water partition coefficient (Wildman–Crippen LogP) is 4.49. The number of hydrogen-bond donors (Lipinski definition) is 2. The monoisotopic (exact) mass is 324 g/mol. The number of H-pyrrole nitrogens is 1. The minimum Gasteiger partial charge on any atom is -0.508 e. The normalized spacial score (nSPS) is 21.5. The Morgan fingerprint density at radius 3 is 2.61 bits per heavy atom. The number of rotatable bonds is 2. The molecule has 0 amide bonds. The van der Waals surface area contributed by atoms with Crippen molar-refractivity contribution in [1.29, 1.82) is 0 Å². The molecular formula is C19H20N2OS. The van der Waals surface area contributed by atoms with Crippen LogP contribution in [0, 0.1) is 0 Å². The van der Waals surface area contributed by atoms with Crippen molar-refractivity contribution in [3.05, 3.63) is 65.4 Å². The molecule has 4 heteroatoms. The first-order valence-electron chi connectivity index (χ1n) is 7.90. The standard InChI is InChI=1S/C19H20N2OS/c1-12-11-16-15-5-3-4-6-17(15)20-18(16)19(21(12)23-2)13-7-9-14(22)10-8-13/h3-10,12,19-20,22H,11H2,1-2H3/t12-,19+/m1/s1. The Morgan fingerprint density at radius 2 is 1.87 bits per heavy atom. The molecule has 0 spiro atoms. The minimum absolute atomic E-state index is 0.178. The van der Waals surface area contributed by atoms with E-state index in [-0.39, 0.29) is 6.04 Å². The molecule has 4 rings (SSSR count).